The summed E-state index contributed by atoms with van der Waals surface area (Å²) in [5, 5.41) is 14.3. The number of amides is 1. The van der Waals surface area contributed by atoms with E-state index in [-0.39, 0.29) is 0 Å². The second kappa shape index (κ2) is 12.1. The third-order valence-corrected chi connectivity index (χ3v) is 9.04. The van der Waals surface area contributed by atoms with Crippen molar-refractivity contribution in [3.05, 3.63) is 104 Å². The van der Waals surface area contributed by atoms with E-state index in [0.717, 1.165) is 51.9 Å². The molecule has 0 aliphatic rings. The molecular weight excluding hydrogens is 672 g/mol. The molecule has 7 nitrogen and oxygen atoms in total. The molecule has 0 fully saturated rings. The van der Waals surface area contributed by atoms with Crippen LogP contribution in [-0.4, -0.2) is 22.9 Å². The smallest absolute Gasteiger partial charge is 0.258 e. The van der Waals surface area contributed by atoms with Gasteiger partial charge in [0.2, 0.25) is 0 Å². The zero-order valence-corrected chi connectivity index (χ0v) is 25.7. The van der Waals surface area contributed by atoms with Gasteiger partial charge in [-0.05, 0) is 60.7 Å². The zero-order valence-electron chi connectivity index (χ0n) is 20.9. The first-order chi connectivity index (χ1) is 19.3. The van der Waals surface area contributed by atoms with Gasteiger partial charge in [-0.2, -0.15) is 5.26 Å². The number of nitrogens with zero attached hydrogens (tertiary/aromatic N) is 4. The van der Waals surface area contributed by atoms with Crippen LogP contribution in [0.5, 0.6) is 0 Å². The minimum Gasteiger partial charge on any atom is -0.365 e. The Balaban J connectivity index is 0.000000162. The molecule has 6 rings (SSSR count). The molecule has 40 heavy (non-hydrogen) atoms. The Morgan fingerprint density at radius 2 is 1.52 bits per heavy atom. The number of hydrogen-bond donors (Lipinski definition) is 2. The van der Waals surface area contributed by atoms with Gasteiger partial charge in [-0.1, -0.05) is 31.9 Å². The number of nitrogens with two attached hydrogens (primary N) is 1. The second-order valence-electron chi connectivity index (χ2n) is 8.53. The molecule has 0 saturated heterocycles. The predicted octanol–water partition coefficient (Wildman–Crippen LogP) is 8.60. The molecule has 3 N–H and O–H groups in total. The van der Waals surface area contributed by atoms with E-state index in [9.17, 15) is 4.79 Å². The van der Waals surface area contributed by atoms with Gasteiger partial charge >= 0.3 is 0 Å². The number of aromatic nitrogens is 2. The lowest BCUT2D eigenvalue weighted by molar-refractivity contribution is 0.100. The van der Waals surface area contributed by atoms with Gasteiger partial charge in [-0.15, -0.1) is 22.7 Å². The van der Waals surface area contributed by atoms with Crippen LogP contribution in [0.1, 0.15) is 14.5 Å². The average Bonchev–Trinajstić information content (AvgIpc) is 3.60. The summed E-state index contributed by atoms with van der Waals surface area (Å²) in [4.78, 5) is 23.1. The van der Waals surface area contributed by atoms with E-state index in [1.54, 1.807) is 24.8 Å². The third-order valence-electron chi connectivity index (χ3n) is 5.92. The maximum Gasteiger partial charge on any atom is 0.258 e. The van der Waals surface area contributed by atoms with Crippen molar-refractivity contribution in [1.82, 2.24) is 9.97 Å². The first kappa shape index (κ1) is 27.7. The molecule has 0 radical (unpaired) electrons. The zero-order chi connectivity index (χ0) is 28.2. The highest BCUT2D eigenvalue weighted by Gasteiger charge is 2.14. The fraction of sp³-hybridized carbons (Fsp3) is 0.0345. The van der Waals surface area contributed by atoms with Gasteiger partial charge in [0.05, 0.1) is 38.0 Å². The lowest BCUT2D eigenvalue weighted by atomic mass is 10.2. The molecule has 4 heterocycles. The minimum atomic E-state index is -0.409. The molecule has 11 heteroatoms. The van der Waals surface area contributed by atoms with Crippen molar-refractivity contribution in [2.75, 3.05) is 17.3 Å². The number of carbonyl (C=O) groups excluding carboxylic acids is 1. The quantitative estimate of drug-likeness (QED) is 0.187. The molecule has 4 aromatic heterocycles. The highest BCUT2D eigenvalue weighted by atomic mass is 79.9. The number of halogens is 2. The number of benzene rings is 2. The number of anilines is 4. The highest BCUT2D eigenvalue weighted by molar-refractivity contribution is 9.10. The number of thiophene rings is 2. The van der Waals surface area contributed by atoms with Crippen molar-refractivity contribution >= 4 is 103 Å². The van der Waals surface area contributed by atoms with E-state index in [4.69, 9.17) is 11.0 Å². The van der Waals surface area contributed by atoms with E-state index < -0.39 is 5.91 Å². The number of pyridine rings is 2. The molecule has 6 aromatic rings. The van der Waals surface area contributed by atoms with E-state index in [0.29, 0.717) is 9.75 Å². The summed E-state index contributed by atoms with van der Waals surface area (Å²) in [6, 6.07) is 21.8. The monoisotopic (exact) mass is 690 g/mol. The van der Waals surface area contributed by atoms with Crippen molar-refractivity contribution < 1.29 is 4.79 Å². The van der Waals surface area contributed by atoms with Gasteiger partial charge in [0, 0.05) is 50.5 Å². The Hall–Kier alpha value is -3.82. The normalized spacial score (nSPS) is 10.6. The average molecular weight is 692 g/mol. The van der Waals surface area contributed by atoms with Crippen LogP contribution in [0.25, 0.3) is 20.2 Å². The topological polar surface area (TPSA) is 108 Å². The molecule has 0 spiro atoms. The number of nitrogens with one attached hydrogen (secondary N) is 1. The molecule has 1 amide bonds. The summed E-state index contributed by atoms with van der Waals surface area (Å²) >= 11 is 9.65. The Bertz CT molecular complexity index is 1860. The molecule has 198 valence electrons. The summed E-state index contributed by atoms with van der Waals surface area (Å²) in [6.45, 7) is 0. The maximum atomic E-state index is 11.4. The van der Waals surface area contributed by atoms with Crippen LogP contribution in [-0.2, 0) is 0 Å². The number of nitriles is 1. The largest absolute Gasteiger partial charge is 0.365 e. The molecule has 0 unspecified atom stereocenters. The lowest BCUT2D eigenvalue weighted by Gasteiger charge is -2.20. The first-order valence-electron chi connectivity index (χ1n) is 11.8. The van der Waals surface area contributed by atoms with E-state index >= 15 is 0 Å². The van der Waals surface area contributed by atoms with Crippen molar-refractivity contribution in [3.63, 3.8) is 0 Å². The van der Waals surface area contributed by atoms with Crippen LogP contribution in [0.3, 0.4) is 0 Å². The van der Waals surface area contributed by atoms with Crippen LogP contribution in [0.15, 0.2) is 94.4 Å². The van der Waals surface area contributed by atoms with Crippen LogP contribution < -0.4 is 16.0 Å². The fourth-order valence-electron chi connectivity index (χ4n) is 3.94. The van der Waals surface area contributed by atoms with Crippen LogP contribution in [0, 0.1) is 11.3 Å². The SMILES string of the molecule is CN(c1ccc(Br)cc1)c1cncc2sc(C(N)=O)cc12.N#Cc1cc2c(Nc3ccc(Br)cc3)cncc2s1. The van der Waals surface area contributed by atoms with Crippen molar-refractivity contribution in [2.24, 2.45) is 5.73 Å². The van der Waals surface area contributed by atoms with Gasteiger partial charge in [-0.3, -0.25) is 14.8 Å². The highest BCUT2D eigenvalue weighted by Crippen LogP contribution is 2.35. The number of fused-ring (bicyclic) bond motifs is 2. The summed E-state index contributed by atoms with van der Waals surface area (Å²) in [6.07, 6.45) is 7.11. The summed E-state index contributed by atoms with van der Waals surface area (Å²) < 4.78 is 4.03. The van der Waals surface area contributed by atoms with Crippen LogP contribution in [0.2, 0.25) is 0 Å². The minimum absolute atomic E-state index is 0.409. The summed E-state index contributed by atoms with van der Waals surface area (Å²) in [7, 11) is 1.97. The summed E-state index contributed by atoms with van der Waals surface area (Å²) in [5.74, 6) is -0.409. The Morgan fingerprint density at radius 3 is 2.17 bits per heavy atom. The van der Waals surface area contributed by atoms with Crippen LogP contribution in [0.4, 0.5) is 22.7 Å². The summed E-state index contributed by atoms with van der Waals surface area (Å²) in [5.41, 5.74) is 9.25. The molecular formula is C29H20Br2N6OS2. The van der Waals surface area contributed by atoms with Gasteiger partial charge in [-0.25, -0.2) is 0 Å². The van der Waals surface area contributed by atoms with E-state index in [1.807, 2.05) is 72.6 Å². The number of primary amides is 1. The standard InChI is InChI=1S/C15H12BrN3OS.C14H8BrN3S/c1-19(10-4-2-9(16)3-5-10)12-7-18-8-14-11(12)6-13(21-14)15(17)20;15-9-1-3-10(4-2-9)18-13-7-17-8-14-12(13)5-11(6-16)19-14/h2-8H,1H3,(H2,17,20);1-5,7-8,18H. The van der Waals surface area contributed by atoms with E-state index in [2.05, 4.69) is 53.2 Å². The molecule has 0 bridgehead atoms. The van der Waals surface area contributed by atoms with Crippen molar-refractivity contribution in [2.45, 2.75) is 0 Å². The molecule has 2 aromatic carbocycles. The van der Waals surface area contributed by atoms with Crippen LogP contribution >= 0.6 is 54.5 Å². The number of rotatable bonds is 5. The van der Waals surface area contributed by atoms with Gasteiger partial charge in [0.25, 0.3) is 5.91 Å². The maximum absolute atomic E-state index is 11.4. The Morgan fingerprint density at radius 1 is 0.900 bits per heavy atom. The van der Waals surface area contributed by atoms with Gasteiger partial charge in [0.1, 0.15) is 10.9 Å². The van der Waals surface area contributed by atoms with Crippen molar-refractivity contribution in [3.8, 4) is 6.07 Å². The second-order valence-corrected chi connectivity index (χ2v) is 12.5. The molecule has 0 aliphatic heterocycles. The van der Waals surface area contributed by atoms with Gasteiger partial charge < -0.3 is 16.0 Å². The number of carbonyl (C=O) groups is 1. The predicted molar refractivity (Wildman–Crippen MR) is 172 cm³/mol. The van der Waals surface area contributed by atoms with E-state index in [1.165, 1.54) is 22.7 Å². The molecule has 0 aliphatic carbocycles. The number of hydrogen-bond acceptors (Lipinski definition) is 8. The lowest BCUT2D eigenvalue weighted by Crippen LogP contribution is -2.10. The van der Waals surface area contributed by atoms with Gasteiger partial charge in [0.15, 0.2) is 0 Å². The Kier molecular flexibility index (Phi) is 8.42. The molecule has 0 saturated carbocycles. The fourth-order valence-corrected chi connectivity index (χ4v) is 6.22. The Labute approximate surface area is 255 Å². The first-order valence-corrected chi connectivity index (χ1v) is 15.0. The van der Waals surface area contributed by atoms with Crippen molar-refractivity contribution in [1.29, 1.82) is 5.26 Å². The molecule has 0 atom stereocenters. The third kappa shape index (κ3) is 6.16.